The minimum atomic E-state index is 0. The number of hydrogen-bond acceptors (Lipinski definition) is 3. The van der Waals surface area contributed by atoms with Crippen molar-refractivity contribution in [1.82, 2.24) is 20.0 Å². The average molecular weight is 315 g/mol. The fourth-order valence-electron chi connectivity index (χ4n) is 2.92. The Morgan fingerprint density at radius 2 is 2.14 bits per heavy atom. The van der Waals surface area contributed by atoms with E-state index < -0.39 is 0 Å². The summed E-state index contributed by atoms with van der Waals surface area (Å²) < 4.78 is 2.01. The van der Waals surface area contributed by atoms with Gasteiger partial charge in [-0.1, -0.05) is 13.8 Å². The Labute approximate surface area is 133 Å². The second-order valence-corrected chi connectivity index (χ2v) is 5.66. The van der Waals surface area contributed by atoms with Crippen molar-refractivity contribution < 1.29 is 4.79 Å². The van der Waals surface area contributed by atoms with Crippen molar-refractivity contribution in [2.24, 2.45) is 0 Å². The fraction of sp³-hybridized carbons (Fsp3) is 0.733. The van der Waals surface area contributed by atoms with Crippen LogP contribution in [0.1, 0.15) is 55.7 Å². The molecule has 0 bridgehead atoms. The first-order chi connectivity index (χ1) is 9.58. The first-order valence-corrected chi connectivity index (χ1v) is 7.65. The molecular weight excluding hydrogens is 288 g/mol. The third-order valence-electron chi connectivity index (χ3n) is 4.22. The molecule has 1 amide bonds. The van der Waals surface area contributed by atoms with E-state index in [1.165, 1.54) is 0 Å². The predicted molar refractivity (Wildman–Crippen MR) is 87.2 cm³/mol. The highest BCUT2D eigenvalue weighted by Gasteiger charge is 2.25. The molecule has 0 aliphatic carbocycles. The summed E-state index contributed by atoms with van der Waals surface area (Å²) >= 11 is 0. The number of hydrogen-bond donors (Lipinski definition) is 1. The van der Waals surface area contributed by atoms with E-state index in [4.69, 9.17) is 0 Å². The Morgan fingerprint density at radius 1 is 1.48 bits per heavy atom. The lowest BCUT2D eigenvalue weighted by molar-refractivity contribution is 0.0708. The Balaban J connectivity index is 0.00000220. The van der Waals surface area contributed by atoms with Gasteiger partial charge in [-0.3, -0.25) is 9.48 Å². The van der Waals surface area contributed by atoms with Gasteiger partial charge in [-0.2, -0.15) is 5.10 Å². The van der Waals surface area contributed by atoms with Crippen molar-refractivity contribution in [3.8, 4) is 0 Å². The first kappa shape index (κ1) is 18.0. The van der Waals surface area contributed by atoms with E-state index in [0.717, 1.165) is 43.7 Å². The van der Waals surface area contributed by atoms with Gasteiger partial charge < -0.3 is 10.2 Å². The van der Waals surface area contributed by atoms with Gasteiger partial charge in [-0.15, -0.1) is 12.4 Å². The molecule has 1 aliphatic heterocycles. The smallest absolute Gasteiger partial charge is 0.257 e. The van der Waals surface area contributed by atoms with E-state index in [-0.39, 0.29) is 18.3 Å². The first-order valence-electron chi connectivity index (χ1n) is 7.65. The van der Waals surface area contributed by atoms with E-state index in [9.17, 15) is 4.79 Å². The number of rotatable bonds is 4. The van der Waals surface area contributed by atoms with Gasteiger partial charge in [0.1, 0.15) is 0 Å². The van der Waals surface area contributed by atoms with Crippen LogP contribution in [0.25, 0.3) is 0 Å². The molecule has 5 nitrogen and oxygen atoms in total. The molecule has 6 heteroatoms. The zero-order chi connectivity index (χ0) is 14.7. The van der Waals surface area contributed by atoms with Gasteiger partial charge in [-0.05, 0) is 26.7 Å². The quantitative estimate of drug-likeness (QED) is 0.928. The normalized spacial score (nSPS) is 18.7. The Hall–Kier alpha value is -1.07. The van der Waals surface area contributed by atoms with Crippen LogP contribution in [-0.2, 0) is 0 Å². The maximum Gasteiger partial charge on any atom is 0.257 e. The van der Waals surface area contributed by atoms with Crippen molar-refractivity contribution in [3.63, 3.8) is 0 Å². The molecule has 1 atom stereocenters. The molecule has 120 valence electrons. The SMILES string of the molecule is CCC(CC)n1ncc(C(=O)N2CCN[C@H](C)C2)c1C.Cl. The van der Waals surface area contributed by atoms with E-state index in [1.807, 2.05) is 16.5 Å². The summed E-state index contributed by atoms with van der Waals surface area (Å²) in [7, 11) is 0. The van der Waals surface area contributed by atoms with Gasteiger partial charge in [0, 0.05) is 31.4 Å². The summed E-state index contributed by atoms with van der Waals surface area (Å²) in [6, 6.07) is 0.751. The average Bonchev–Trinajstić information content (AvgIpc) is 2.82. The van der Waals surface area contributed by atoms with Crippen LogP contribution in [0, 0.1) is 6.92 Å². The second kappa shape index (κ2) is 7.80. The summed E-state index contributed by atoms with van der Waals surface area (Å²) in [4.78, 5) is 14.6. The van der Waals surface area contributed by atoms with Crippen molar-refractivity contribution in [1.29, 1.82) is 0 Å². The van der Waals surface area contributed by atoms with Gasteiger partial charge in [0.2, 0.25) is 0 Å². The highest BCUT2D eigenvalue weighted by Crippen LogP contribution is 2.20. The lowest BCUT2D eigenvalue weighted by Gasteiger charge is -2.31. The summed E-state index contributed by atoms with van der Waals surface area (Å²) in [6.45, 7) is 10.9. The topological polar surface area (TPSA) is 50.2 Å². The van der Waals surface area contributed by atoms with E-state index in [1.54, 1.807) is 6.20 Å². The standard InChI is InChI=1S/C15H26N4O.ClH/c1-5-13(6-2)19-12(4)14(9-17-19)15(20)18-8-7-16-11(3)10-18;/h9,11,13,16H,5-8,10H2,1-4H3;1H/t11-;/m1./s1. The Kier molecular flexibility index (Phi) is 6.68. The van der Waals surface area contributed by atoms with Crippen LogP contribution in [0.2, 0.25) is 0 Å². The predicted octanol–water partition coefficient (Wildman–Crippen LogP) is 2.41. The van der Waals surface area contributed by atoms with Crippen LogP contribution >= 0.6 is 12.4 Å². The summed E-state index contributed by atoms with van der Waals surface area (Å²) in [6.07, 6.45) is 3.82. The maximum absolute atomic E-state index is 12.6. The summed E-state index contributed by atoms with van der Waals surface area (Å²) in [5.74, 6) is 0.119. The molecule has 1 saturated heterocycles. The summed E-state index contributed by atoms with van der Waals surface area (Å²) in [5, 5.41) is 7.81. The van der Waals surface area contributed by atoms with Crippen LogP contribution in [0.5, 0.6) is 0 Å². The molecular formula is C15H27ClN4O. The zero-order valence-electron chi connectivity index (χ0n) is 13.4. The third kappa shape index (κ3) is 3.77. The number of amides is 1. The van der Waals surface area contributed by atoms with Crippen LogP contribution in [0.4, 0.5) is 0 Å². The minimum absolute atomic E-state index is 0. The maximum atomic E-state index is 12.6. The van der Waals surface area contributed by atoms with Crippen LogP contribution in [-0.4, -0.2) is 46.3 Å². The van der Waals surface area contributed by atoms with Gasteiger partial charge in [0.15, 0.2) is 0 Å². The molecule has 1 aromatic heterocycles. The van der Waals surface area contributed by atoms with Crippen LogP contribution < -0.4 is 5.32 Å². The lowest BCUT2D eigenvalue weighted by Crippen LogP contribution is -2.51. The van der Waals surface area contributed by atoms with Crippen molar-refractivity contribution in [3.05, 3.63) is 17.5 Å². The molecule has 2 rings (SSSR count). The molecule has 1 N–H and O–H groups in total. The number of nitrogens with one attached hydrogen (secondary N) is 1. The van der Waals surface area contributed by atoms with Gasteiger partial charge >= 0.3 is 0 Å². The van der Waals surface area contributed by atoms with Crippen LogP contribution in [0.3, 0.4) is 0 Å². The number of halogens is 1. The largest absolute Gasteiger partial charge is 0.336 e. The summed E-state index contributed by atoms with van der Waals surface area (Å²) in [5.41, 5.74) is 1.75. The highest BCUT2D eigenvalue weighted by atomic mass is 35.5. The minimum Gasteiger partial charge on any atom is -0.336 e. The molecule has 0 unspecified atom stereocenters. The van der Waals surface area contributed by atoms with E-state index in [2.05, 4.69) is 31.2 Å². The highest BCUT2D eigenvalue weighted by molar-refractivity contribution is 5.95. The number of carbonyl (C=O) groups excluding carboxylic acids is 1. The van der Waals surface area contributed by atoms with Crippen molar-refractivity contribution in [2.45, 2.75) is 52.6 Å². The van der Waals surface area contributed by atoms with E-state index in [0.29, 0.717) is 12.1 Å². The molecule has 0 spiro atoms. The van der Waals surface area contributed by atoms with Gasteiger partial charge in [0.25, 0.3) is 5.91 Å². The molecule has 0 radical (unpaired) electrons. The van der Waals surface area contributed by atoms with Gasteiger partial charge in [0.05, 0.1) is 17.8 Å². The molecule has 0 aromatic carbocycles. The molecule has 1 fully saturated rings. The number of piperazine rings is 1. The number of carbonyl (C=O) groups is 1. The number of aromatic nitrogens is 2. The molecule has 1 aromatic rings. The van der Waals surface area contributed by atoms with Crippen molar-refractivity contribution >= 4 is 18.3 Å². The third-order valence-corrected chi connectivity index (χ3v) is 4.22. The zero-order valence-corrected chi connectivity index (χ0v) is 14.2. The van der Waals surface area contributed by atoms with Crippen LogP contribution in [0.15, 0.2) is 6.20 Å². The number of nitrogens with zero attached hydrogens (tertiary/aromatic N) is 3. The molecule has 21 heavy (non-hydrogen) atoms. The van der Waals surface area contributed by atoms with E-state index >= 15 is 0 Å². The molecule has 0 saturated carbocycles. The second-order valence-electron chi connectivity index (χ2n) is 5.66. The lowest BCUT2D eigenvalue weighted by atomic mass is 10.1. The fourth-order valence-corrected chi connectivity index (χ4v) is 2.92. The Bertz CT molecular complexity index is 470. The molecule has 2 heterocycles. The monoisotopic (exact) mass is 314 g/mol. The Morgan fingerprint density at radius 3 is 2.71 bits per heavy atom. The molecule has 1 aliphatic rings. The van der Waals surface area contributed by atoms with Crippen molar-refractivity contribution in [2.75, 3.05) is 19.6 Å². The van der Waals surface area contributed by atoms with Gasteiger partial charge in [-0.25, -0.2) is 0 Å².